The third-order valence-electron chi connectivity index (χ3n) is 1.68. The first kappa shape index (κ1) is 8.27. The summed E-state index contributed by atoms with van der Waals surface area (Å²) >= 11 is 0. The summed E-state index contributed by atoms with van der Waals surface area (Å²) in [4.78, 5) is 10.7. The lowest BCUT2D eigenvalue weighted by Crippen LogP contribution is -2.27. The number of nitrogens with one attached hydrogen (secondary N) is 1. The van der Waals surface area contributed by atoms with Crippen LogP contribution in [0.25, 0.3) is 0 Å². The molecule has 2 N–H and O–H groups in total. The number of allylic oxidation sites excluding steroid dienone is 2. The standard InChI is InChI=1S/C8H13NO2/c1-6(5-10)9-7-2-3-8(11)4-7/h4,6,9-10H,2-3,5H2,1H3. The molecule has 1 atom stereocenters. The van der Waals surface area contributed by atoms with Gasteiger partial charge in [-0.15, -0.1) is 0 Å². The van der Waals surface area contributed by atoms with Crippen molar-refractivity contribution in [1.82, 2.24) is 5.32 Å². The number of rotatable bonds is 3. The van der Waals surface area contributed by atoms with Gasteiger partial charge in [0.25, 0.3) is 0 Å². The monoisotopic (exact) mass is 155 g/mol. The van der Waals surface area contributed by atoms with E-state index in [9.17, 15) is 4.79 Å². The van der Waals surface area contributed by atoms with Crippen molar-refractivity contribution in [1.29, 1.82) is 0 Å². The van der Waals surface area contributed by atoms with E-state index in [1.807, 2.05) is 6.92 Å². The maximum atomic E-state index is 10.7. The molecule has 0 heterocycles. The quantitative estimate of drug-likeness (QED) is 0.612. The fraction of sp³-hybridized carbons (Fsp3) is 0.625. The van der Waals surface area contributed by atoms with Gasteiger partial charge in [-0.05, 0) is 13.3 Å². The van der Waals surface area contributed by atoms with Crippen molar-refractivity contribution in [2.24, 2.45) is 0 Å². The second-order valence-electron chi connectivity index (χ2n) is 2.86. The largest absolute Gasteiger partial charge is 0.394 e. The minimum Gasteiger partial charge on any atom is -0.394 e. The highest BCUT2D eigenvalue weighted by Crippen LogP contribution is 2.11. The van der Waals surface area contributed by atoms with Crippen LogP contribution >= 0.6 is 0 Å². The summed E-state index contributed by atoms with van der Waals surface area (Å²) in [5.74, 6) is 0.178. The van der Waals surface area contributed by atoms with Crippen LogP contribution < -0.4 is 5.32 Å². The first-order chi connectivity index (χ1) is 5.22. The van der Waals surface area contributed by atoms with Crippen LogP contribution in [0.1, 0.15) is 19.8 Å². The zero-order valence-electron chi connectivity index (χ0n) is 6.63. The Morgan fingerprint density at radius 3 is 2.91 bits per heavy atom. The first-order valence-corrected chi connectivity index (χ1v) is 3.83. The number of hydrogen-bond acceptors (Lipinski definition) is 3. The lowest BCUT2D eigenvalue weighted by atomic mass is 10.3. The summed E-state index contributed by atoms with van der Waals surface area (Å²) in [5, 5.41) is 11.7. The molecule has 1 unspecified atom stereocenters. The van der Waals surface area contributed by atoms with Crippen LogP contribution in [0.5, 0.6) is 0 Å². The lowest BCUT2D eigenvalue weighted by molar-refractivity contribution is -0.114. The average Bonchev–Trinajstić information content (AvgIpc) is 2.35. The van der Waals surface area contributed by atoms with Crippen LogP contribution in [0.15, 0.2) is 11.8 Å². The number of hydrogen-bond donors (Lipinski definition) is 2. The molecule has 0 fully saturated rings. The summed E-state index contributed by atoms with van der Waals surface area (Å²) in [7, 11) is 0. The van der Waals surface area contributed by atoms with Crippen molar-refractivity contribution in [3.05, 3.63) is 11.8 Å². The molecule has 3 heteroatoms. The average molecular weight is 155 g/mol. The highest BCUT2D eigenvalue weighted by Gasteiger charge is 2.12. The number of aliphatic hydroxyl groups excluding tert-OH is 1. The molecule has 0 spiro atoms. The third kappa shape index (κ3) is 2.35. The van der Waals surface area contributed by atoms with Gasteiger partial charge < -0.3 is 10.4 Å². The molecule has 0 saturated carbocycles. The van der Waals surface area contributed by atoms with Crippen molar-refractivity contribution in [2.75, 3.05) is 6.61 Å². The van der Waals surface area contributed by atoms with Crippen molar-refractivity contribution in [3.8, 4) is 0 Å². The molecular weight excluding hydrogens is 142 g/mol. The smallest absolute Gasteiger partial charge is 0.157 e. The molecule has 62 valence electrons. The lowest BCUT2D eigenvalue weighted by Gasteiger charge is -2.11. The Balaban J connectivity index is 2.38. The molecule has 0 aromatic carbocycles. The van der Waals surface area contributed by atoms with E-state index >= 15 is 0 Å². The second kappa shape index (κ2) is 3.53. The fourth-order valence-electron chi connectivity index (χ4n) is 1.07. The number of carbonyl (C=O) groups is 1. The van der Waals surface area contributed by atoms with Gasteiger partial charge in [0.05, 0.1) is 6.61 Å². The summed E-state index contributed by atoms with van der Waals surface area (Å²) < 4.78 is 0. The Kier molecular flexibility index (Phi) is 2.65. The summed E-state index contributed by atoms with van der Waals surface area (Å²) in [6.07, 6.45) is 3.02. The predicted molar refractivity (Wildman–Crippen MR) is 42.0 cm³/mol. The molecule has 0 aliphatic heterocycles. The summed E-state index contributed by atoms with van der Waals surface area (Å²) in [6, 6.07) is 0.0483. The molecule has 1 aliphatic carbocycles. The minimum absolute atomic E-state index is 0.0483. The van der Waals surface area contributed by atoms with Crippen molar-refractivity contribution < 1.29 is 9.90 Å². The maximum absolute atomic E-state index is 10.7. The van der Waals surface area contributed by atoms with Crippen molar-refractivity contribution in [3.63, 3.8) is 0 Å². The Morgan fingerprint density at radius 1 is 1.73 bits per heavy atom. The summed E-state index contributed by atoms with van der Waals surface area (Å²) in [6.45, 7) is 1.98. The van der Waals surface area contributed by atoms with Crippen LogP contribution in [0.4, 0.5) is 0 Å². The third-order valence-corrected chi connectivity index (χ3v) is 1.68. The molecule has 1 aliphatic rings. The van der Waals surface area contributed by atoms with Gasteiger partial charge in [-0.3, -0.25) is 4.79 Å². The van der Waals surface area contributed by atoms with E-state index in [2.05, 4.69) is 5.32 Å². The molecule has 11 heavy (non-hydrogen) atoms. The molecule has 0 radical (unpaired) electrons. The molecule has 0 aromatic heterocycles. The van der Waals surface area contributed by atoms with Crippen LogP contribution in [0, 0.1) is 0 Å². The van der Waals surface area contributed by atoms with E-state index in [1.54, 1.807) is 6.08 Å². The molecule has 0 bridgehead atoms. The van der Waals surface area contributed by atoms with Crippen LogP contribution in [-0.4, -0.2) is 23.5 Å². The van der Waals surface area contributed by atoms with E-state index < -0.39 is 0 Å². The normalized spacial score (nSPS) is 19.8. The highest BCUT2D eigenvalue weighted by atomic mass is 16.3. The van der Waals surface area contributed by atoms with Gasteiger partial charge >= 0.3 is 0 Å². The SMILES string of the molecule is CC(CO)NC1=CC(=O)CC1. The van der Waals surface area contributed by atoms with E-state index in [0.29, 0.717) is 6.42 Å². The Labute approximate surface area is 66.1 Å². The molecule has 0 amide bonds. The fourth-order valence-corrected chi connectivity index (χ4v) is 1.07. The van der Waals surface area contributed by atoms with E-state index in [4.69, 9.17) is 5.11 Å². The van der Waals surface area contributed by atoms with Gasteiger partial charge in [0.1, 0.15) is 0 Å². The van der Waals surface area contributed by atoms with Crippen LogP contribution in [-0.2, 0) is 4.79 Å². The molecule has 3 nitrogen and oxygen atoms in total. The maximum Gasteiger partial charge on any atom is 0.157 e. The van der Waals surface area contributed by atoms with Crippen LogP contribution in [0.3, 0.4) is 0 Å². The second-order valence-corrected chi connectivity index (χ2v) is 2.86. The molecular formula is C8H13NO2. The predicted octanol–water partition coefficient (Wildman–Crippen LogP) is 0.204. The van der Waals surface area contributed by atoms with Gasteiger partial charge in [-0.1, -0.05) is 0 Å². The summed E-state index contributed by atoms with van der Waals surface area (Å²) in [5.41, 5.74) is 0.955. The van der Waals surface area contributed by atoms with E-state index in [1.165, 1.54) is 0 Å². The van der Waals surface area contributed by atoms with Gasteiger partial charge in [0, 0.05) is 24.2 Å². The molecule has 0 saturated heterocycles. The topological polar surface area (TPSA) is 49.3 Å². The number of ketones is 1. The van der Waals surface area contributed by atoms with Gasteiger partial charge in [0.15, 0.2) is 5.78 Å². The van der Waals surface area contributed by atoms with Gasteiger partial charge in [-0.2, -0.15) is 0 Å². The minimum atomic E-state index is 0.0483. The van der Waals surface area contributed by atoms with Crippen molar-refractivity contribution in [2.45, 2.75) is 25.8 Å². The van der Waals surface area contributed by atoms with E-state index in [0.717, 1.165) is 12.1 Å². The zero-order valence-corrected chi connectivity index (χ0v) is 6.63. The van der Waals surface area contributed by atoms with Gasteiger partial charge in [0.2, 0.25) is 0 Å². The number of carbonyl (C=O) groups excluding carboxylic acids is 1. The number of aliphatic hydroxyl groups is 1. The van der Waals surface area contributed by atoms with Crippen molar-refractivity contribution >= 4 is 5.78 Å². The van der Waals surface area contributed by atoms with Crippen LogP contribution in [0.2, 0.25) is 0 Å². The van der Waals surface area contributed by atoms with Gasteiger partial charge in [-0.25, -0.2) is 0 Å². The zero-order chi connectivity index (χ0) is 8.27. The highest BCUT2D eigenvalue weighted by molar-refractivity contribution is 5.92. The Bertz CT molecular complexity index is 187. The Hall–Kier alpha value is -0.830. The van der Waals surface area contributed by atoms with E-state index in [-0.39, 0.29) is 18.4 Å². The molecule has 1 rings (SSSR count). The Morgan fingerprint density at radius 2 is 2.45 bits per heavy atom. The first-order valence-electron chi connectivity index (χ1n) is 3.83. The molecule has 0 aromatic rings.